The molecule has 0 aliphatic carbocycles. The Balaban J connectivity index is 1.54. The number of unbranched alkanes of at least 4 members (excludes halogenated alkanes) is 41. The molecule has 3 aliphatic heterocycles. The Labute approximate surface area is 606 Å². The lowest BCUT2D eigenvalue weighted by Gasteiger charge is -2.50. The van der Waals surface area contributed by atoms with Gasteiger partial charge in [0.1, 0.15) is 67.1 Å². The number of hydrogen-bond donors (Lipinski definition) is 14. The number of nitrogens with one attached hydrogen (secondary N) is 2. The highest BCUT2D eigenvalue weighted by Gasteiger charge is 2.60. The molecule has 23 nitrogen and oxygen atoms in total. The molecule has 0 radical (unpaired) electrons. The molecule has 0 spiro atoms. The fourth-order valence-corrected chi connectivity index (χ4v) is 14.0. The van der Waals surface area contributed by atoms with Crippen molar-refractivity contribution in [1.82, 2.24) is 10.6 Å². The second kappa shape index (κ2) is 57.4. The molecule has 14 N–H and O–H groups in total. The zero-order valence-corrected chi connectivity index (χ0v) is 62.5. The maximum absolute atomic E-state index is 13.5. The molecule has 3 saturated heterocycles. The summed E-state index contributed by atoms with van der Waals surface area (Å²) in [5.74, 6) is -6.14. The van der Waals surface area contributed by atoms with Crippen molar-refractivity contribution in [3.05, 3.63) is 24.3 Å². The second-order valence-corrected chi connectivity index (χ2v) is 29.3. The topological polar surface area (TPSA) is 373 Å². The van der Waals surface area contributed by atoms with E-state index in [2.05, 4.69) is 36.6 Å². The van der Waals surface area contributed by atoms with Gasteiger partial charge in [0.25, 0.3) is 5.79 Å². The monoisotopic (exact) mass is 1450 g/mol. The second-order valence-electron chi connectivity index (χ2n) is 29.3. The molecule has 3 rings (SSSR count). The first-order valence-electron chi connectivity index (χ1n) is 40.2. The van der Waals surface area contributed by atoms with Crippen LogP contribution >= 0.6 is 0 Å². The number of aliphatic hydroxyl groups excluding tert-OH is 11. The van der Waals surface area contributed by atoms with Crippen molar-refractivity contribution in [2.45, 2.75) is 426 Å². The van der Waals surface area contributed by atoms with Crippen LogP contribution in [0.2, 0.25) is 0 Å². The molecule has 3 fully saturated rings. The number of carboxylic acid groups (broad SMARTS) is 1. The lowest BCUT2D eigenvalue weighted by atomic mass is 9.88. The Bertz CT molecular complexity index is 2110. The van der Waals surface area contributed by atoms with Gasteiger partial charge in [-0.2, -0.15) is 0 Å². The molecule has 3 aliphatic rings. The Hall–Kier alpha value is -2.79. The summed E-state index contributed by atoms with van der Waals surface area (Å²) in [6, 6.07) is -2.62. The maximum Gasteiger partial charge on any atom is 0.364 e. The van der Waals surface area contributed by atoms with E-state index in [9.17, 15) is 75.7 Å². The smallest absolute Gasteiger partial charge is 0.364 e. The van der Waals surface area contributed by atoms with Gasteiger partial charge in [-0.25, -0.2) is 4.79 Å². The van der Waals surface area contributed by atoms with Crippen LogP contribution in [0.1, 0.15) is 316 Å². The Kier molecular flexibility index (Phi) is 52.5. The first kappa shape index (κ1) is 92.4. The van der Waals surface area contributed by atoms with E-state index in [1.807, 2.05) is 6.08 Å². The van der Waals surface area contributed by atoms with Gasteiger partial charge in [0, 0.05) is 19.8 Å². The highest BCUT2D eigenvalue weighted by molar-refractivity contribution is 5.77. The predicted molar refractivity (Wildman–Crippen MR) is 389 cm³/mol. The van der Waals surface area contributed by atoms with Gasteiger partial charge >= 0.3 is 5.97 Å². The number of rotatable bonds is 63. The fraction of sp³-hybridized carbons (Fsp3) is 0.910. The normalized spacial score (nSPS) is 26.9. The summed E-state index contributed by atoms with van der Waals surface area (Å²) in [5.41, 5.74) is 0. The summed E-state index contributed by atoms with van der Waals surface area (Å²) in [6.45, 7) is 2.18. The van der Waals surface area contributed by atoms with Crippen molar-refractivity contribution in [3.63, 3.8) is 0 Å². The van der Waals surface area contributed by atoms with Crippen LogP contribution in [0.5, 0.6) is 0 Å². The summed E-state index contributed by atoms with van der Waals surface area (Å²) < 4.78 is 34.9. The standard InChI is InChI=1S/C78H144N2O21/c1-4-6-8-10-12-14-16-18-20-22-24-26-28-29-30-31-33-35-37-39-41-43-45-47-49-51-60(85)59(80-65(88)52-50-48-46-44-42-40-38-36-34-32-27-25-23-21-19-17-15-13-11-9-7-5-2)57-96-75-70(92)69(91)72(64(56-83)98-75)99-76-71(93)74(68(90)63(55-82)97-76)101-78(77(94)95)53-61(86)66(79-58(3)84)73(100-78)67(89)62(87)54-81/h32,34,49,51,59-64,66-76,81-83,85-87,89-93H,4-31,33,35-48,50,52-57H2,1-3H3,(H,79,84)(H,80,88)(H,94,95)/b34-32-,51-49+. The predicted octanol–water partition coefficient (Wildman–Crippen LogP) is 10.4. The van der Waals surface area contributed by atoms with Gasteiger partial charge in [-0.05, 0) is 44.9 Å². The first-order chi connectivity index (χ1) is 48.9. The van der Waals surface area contributed by atoms with Gasteiger partial charge < -0.3 is 100 Å². The van der Waals surface area contributed by atoms with Crippen molar-refractivity contribution in [2.24, 2.45) is 0 Å². The van der Waals surface area contributed by atoms with E-state index in [4.69, 9.17) is 28.4 Å². The summed E-state index contributed by atoms with van der Waals surface area (Å²) in [6.07, 6.45) is 33.5. The van der Waals surface area contributed by atoms with E-state index in [-0.39, 0.29) is 12.3 Å². The molecular weight excluding hydrogens is 1300 g/mol. The number of carbonyl (C=O) groups excluding carboxylic acids is 2. The van der Waals surface area contributed by atoms with Crippen molar-refractivity contribution in [2.75, 3.05) is 26.4 Å². The summed E-state index contributed by atoms with van der Waals surface area (Å²) in [4.78, 5) is 38.7. The number of hydrogen-bond acceptors (Lipinski definition) is 20. The first-order valence-corrected chi connectivity index (χ1v) is 40.2. The third-order valence-electron chi connectivity index (χ3n) is 20.4. The molecule has 0 aromatic rings. The Morgan fingerprint density at radius 2 is 0.931 bits per heavy atom. The Morgan fingerprint density at radius 1 is 0.515 bits per heavy atom. The molecule has 0 saturated carbocycles. The van der Waals surface area contributed by atoms with E-state index in [1.54, 1.807) is 6.08 Å². The van der Waals surface area contributed by atoms with Gasteiger partial charge in [0.15, 0.2) is 12.6 Å². The number of carboxylic acids is 1. The van der Waals surface area contributed by atoms with Gasteiger partial charge in [-0.15, -0.1) is 0 Å². The molecule has 2 amide bonds. The molecule has 101 heavy (non-hydrogen) atoms. The lowest BCUT2D eigenvalue weighted by Crippen LogP contribution is -2.70. The van der Waals surface area contributed by atoms with Crippen LogP contribution < -0.4 is 10.6 Å². The van der Waals surface area contributed by atoms with Gasteiger partial charge in [0.05, 0.1) is 50.7 Å². The van der Waals surface area contributed by atoms with E-state index < -0.39 is 155 Å². The number of amides is 2. The molecule has 592 valence electrons. The summed E-state index contributed by atoms with van der Waals surface area (Å²) in [7, 11) is 0. The van der Waals surface area contributed by atoms with Crippen LogP contribution in [0.15, 0.2) is 24.3 Å². The highest BCUT2D eigenvalue weighted by atomic mass is 16.8. The number of aliphatic carboxylic acids is 1. The molecule has 18 unspecified atom stereocenters. The largest absolute Gasteiger partial charge is 0.477 e. The third kappa shape index (κ3) is 38.0. The molecule has 0 aromatic heterocycles. The van der Waals surface area contributed by atoms with Crippen molar-refractivity contribution in [1.29, 1.82) is 0 Å². The molecule has 18 atom stereocenters. The van der Waals surface area contributed by atoms with Gasteiger partial charge in [-0.3, -0.25) is 9.59 Å². The van der Waals surface area contributed by atoms with Crippen LogP contribution in [0.3, 0.4) is 0 Å². The quantitative estimate of drug-likeness (QED) is 0.0199. The molecule has 3 heterocycles. The minimum Gasteiger partial charge on any atom is -0.477 e. The van der Waals surface area contributed by atoms with E-state index in [0.29, 0.717) is 12.8 Å². The number of ether oxygens (including phenoxy) is 6. The zero-order valence-electron chi connectivity index (χ0n) is 62.5. The summed E-state index contributed by atoms with van der Waals surface area (Å²) in [5, 5.41) is 136. The summed E-state index contributed by atoms with van der Waals surface area (Å²) >= 11 is 0. The fourth-order valence-electron chi connectivity index (χ4n) is 14.0. The Morgan fingerprint density at radius 3 is 1.35 bits per heavy atom. The average molecular weight is 1450 g/mol. The van der Waals surface area contributed by atoms with Gasteiger partial charge in [0.2, 0.25) is 11.8 Å². The van der Waals surface area contributed by atoms with Gasteiger partial charge in [-0.1, -0.05) is 276 Å². The zero-order chi connectivity index (χ0) is 73.9. The van der Waals surface area contributed by atoms with Crippen LogP contribution in [-0.2, 0) is 42.8 Å². The number of aliphatic hydroxyl groups is 11. The molecular formula is C78H144N2O21. The average Bonchev–Trinajstić information content (AvgIpc) is 0.756. The molecule has 0 aromatic carbocycles. The minimum atomic E-state index is -3.08. The van der Waals surface area contributed by atoms with Crippen molar-refractivity contribution >= 4 is 17.8 Å². The minimum absolute atomic E-state index is 0.197. The number of allylic oxidation sites excluding steroid dienone is 3. The van der Waals surface area contributed by atoms with E-state index in [0.717, 1.165) is 77.6 Å². The highest BCUT2D eigenvalue weighted by Crippen LogP contribution is 2.39. The van der Waals surface area contributed by atoms with Crippen molar-refractivity contribution in [3.8, 4) is 0 Å². The van der Waals surface area contributed by atoms with Crippen LogP contribution in [0, 0.1) is 0 Å². The van der Waals surface area contributed by atoms with E-state index in [1.165, 1.54) is 199 Å². The van der Waals surface area contributed by atoms with Crippen LogP contribution in [0.4, 0.5) is 0 Å². The maximum atomic E-state index is 13.5. The third-order valence-corrected chi connectivity index (χ3v) is 20.4. The SMILES string of the molecule is CCCCCCCCCCCCC/C=C\CCCCCCCCCC(=O)NC(COC1OC(CO)C(OC2OC(CO)C(O)C(OC3(C(=O)O)CC(O)C(NC(C)=O)C(C(O)C(O)CO)O3)C2O)C(O)C1O)C(O)/C=C/CCCCCCCCCCCCCCCCCCCCCCCCC. The number of carbonyl (C=O) groups is 3. The van der Waals surface area contributed by atoms with E-state index >= 15 is 0 Å². The van der Waals surface area contributed by atoms with Crippen LogP contribution in [0.25, 0.3) is 0 Å². The van der Waals surface area contributed by atoms with Crippen LogP contribution in [-0.4, -0.2) is 215 Å². The van der Waals surface area contributed by atoms with Crippen molar-refractivity contribution < 1.29 is 104 Å². The molecule has 0 bridgehead atoms. The molecule has 23 heteroatoms. The lowest BCUT2D eigenvalue weighted by molar-refractivity contribution is -0.386.